The highest BCUT2D eigenvalue weighted by atomic mass is 35.5. The highest BCUT2D eigenvalue weighted by Gasteiger charge is 2.26. The van der Waals surface area contributed by atoms with Gasteiger partial charge in [-0.25, -0.2) is 0 Å². The van der Waals surface area contributed by atoms with Crippen LogP contribution in [0, 0.1) is 0 Å². The lowest BCUT2D eigenvalue weighted by molar-refractivity contribution is -0.138. The smallest absolute Gasteiger partial charge is 0.263 e. The Kier molecular flexibility index (Phi) is 5.71. The van der Waals surface area contributed by atoms with Crippen LogP contribution in [-0.2, 0) is 4.79 Å². The van der Waals surface area contributed by atoms with Crippen molar-refractivity contribution in [1.82, 2.24) is 4.90 Å². The standard InChI is InChI=1S/C19H20Cl2N2O2/c1-14(25-18-8-3-2-7-17(18)21)19(24)23-11-9-22(10-12-23)16-6-4-5-15(20)13-16/h2-8,13-14H,9-12H2,1H3/t14-/m1/s1. The van der Waals surface area contributed by atoms with Crippen LogP contribution in [-0.4, -0.2) is 43.1 Å². The maximum atomic E-state index is 12.6. The number of piperazine rings is 1. The number of carbonyl (C=O) groups excluding carboxylic acids is 1. The Morgan fingerprint density at radius 2 is 1.76 bits per heavy atom. The number of nitrogens with zero attached hydrogens (tertiary/aromatic N) is 2. The molecular formula is C19H20Cl2N2O2. The fraction of sp³-hybridized carbons (Fsp3) is 0.316. The van der Waals surface area contributed by atoms with Crippen molar-refractivity contribution in [2.24, 2.45) is 0 Å². The van der Waals surface area contributed by atoms with Gasteiger partial charge < -0.3 is 14.5 Å². The molecule has 132 valence electrons. The van der Waals surface area contributed by atoms with E-state index in [-0.39, 0.29) is 5.91 Å². The molecule has 1 atom stereocenters. The van der Waals surface area contributed by atoms with Gasteiger partial charge in [0.2, 0.25) is 0 Å². The van der Waals surface area contributed by atoms with Crippen LogP contribution < -0.4 is 9.64 Å². The van der Waals surface area contributed by atoms with Gasteiger partial charge in [-0.05, 0) is 37.3 Å². The van der Waals surface area contributed by atoms with E-state index in [0.717, 1.165) is 23.8 Å². The summed E-state index contributed by atoms with van der Waals surface area (Å²) in [6, 6.07) is 15.0. The van der Waals surface area contributed by atoms with E-state index in [1.165, 1.54) is 0 Å². The highest BCUT2D eigenvalue weighted by molar-refractivity contribution is 6.32. The fourth-order valence-electron chi connectivity index (χ4n) is 2.90. The third-order valence-electron chi connectivity index (χ3n) is 4.25. The van der Waals surface area contributed by atoms with E-state index in [1.54, 1.807) is 19.1 Å². The molecular weight excluding hydrogens is 359 g/mol. The summed E-state index contributed by atoms with van der Waals surface area (Å²) in [5.41, 5.74) is 1.08. The molecule has 0 bridgehead atoms. The summed E-state index contributed by atoms with van der Waals surface area (Å²) in [6.07, 6.45) is -0.572. The Morgan fingerprint density at radius 1 is 1.04 bits per heavy atom. The molecule has 1 fully saturated rings. The van der Waals surface area contributed by atoms with Crippen LogP contribution in [0.5, 0.6) is 5.75 Å². The summed E-state index contributed by atoms with van der Waals surface area (Å²) >= 11 is 12.1. The lowest BCUT2D eigenvalue weighted by Crippen LogP contribution is -2.52. The highest BCUT2D eigenvalue weighted by Crippen LogP contribution is 2.25. The molecule has 0 unspecified atom stereocenters. The van der Waals surface area contributed by atoms with E-state index in [9.17, 15) is 4.79 Å². The minimum atomic E-state index is -0.572. The number of para-hydroxylation sites is 1. The largest absolute Gasteiger partial charge is 0.479 e. The van der Waals surface area contributed by atoms with Crippen LogP contribution in [0.3, 0.4) is 0 Å². The second-order valence-corrected chi connectivity index (χ2v) is 6.83. The maximum Gasteiger partial charge on any atom is 0.263 e. The molecule has 0 spiro atoms. The summed E-state index contributed by atoms with van der Waals surface area (Å²) in [5, 5.41) is 1.23. The third kappa shape index (κ3) is 4.39. The number of anilines is 1. The van der Waals surface area contributed by atoms with Gasteiger partial charge in [0.25, 0.3) is 5.91 Å². The van der Waals surface area contributed by atoms with Gasteiger partial charge in [-0.15, -0.1) is 0 Å². The predicted molar refractivity (Wildman–Crippen MR) is 102 cm³/mol. The van der Waals surface area contributed by atoms with Gasteiger partial charge in [0.15, 0.2) is 6.10 Å². The van der Waals surface area contributed by atoms with Crippen molar-refractivity contribution in [3.8, 4) is 5.75 Å². The SMILES string of the molecule is C[C@@H](Oc1ccccc1Cl)C(=O)N1CCN(c2cccc(Cl)c2)CC1. The molecule has 0 aromatic heterocycles. The molecule has 1 heterocycles. The zero-order valence-corrected chi connectivity index (χ0v) is 15.5. The summed E-state index contributed by atoms with van der Waals surface area (Å²) in [6.45, 7) is 4.61. The van der Waals surface area contributed by atoms with Gasteiger partial charge in [0.1, 0.15) is 5.75 Å². The van der Waals surface area contributed by atoms with Gasteiger partial charge in [-0.2, -0.15) is 0 Å². The zero-order valence-electron chi connectivity index (χ0n) is 14.0. The first-order chi connectivity index (χ1) is 12.0. The lowest BCUT2D eigenvalue weighted by atomic mass is 10.2. The van der Waals surface area contributed by atoms with Gasteiger partial charge in [-0.1, -0.05) is 41.4 Å². The lowest BCUT2D eigenvalue weighted by Gasteiger charge is -2.37. The van der Waals surface area contributed by atoms with Gasteiger partial charge >= 0.3 is 0 Å². The van der Waals surface area contributed by atoms with Crippen LogP contribution in [0.25, 0.3) is 0 Å². The molecule has 4 nitrogen and oxygen atoms in total. The Balaban J connectivity index is 1.57. The molecule has 0 radical (unpaired) electrons. The summed E-state index contributed by atoms with van der Waals surface area (Å²) in [5.74, 6) is 0.508. The predicted octanol–water partition coefficient (Wildman–Crippen LogP) is 4.11. The number of ether oxygens (including phenoxy) is 1. The van der Waals surface area contributed by atoms with Crippen molar-refractivity contribution in [1.29, 1.82) is 0 Å². The summed E-state index contributed by atoms with van der Waals surface area (Å²) in [4.78, 5) is 16.7. The first kappa shape index (κ1) is 17.9. The van der Waals surface area contributed by atoms with E-state index in [2.05, 4.69) is 4.90 Å². The number of amides is 1. The minimum absolute atomic E-state index is 0.0225. The van der Waals surface area contributed by atoms with E-state index in [4.69, 9.17) is 27.9 Å². The molecule has 6 heteroatoms. The Labute approximate surface area is 157 Å². The van der Waals surface area contributed by atoms with Crippen molar-refractivity contribution in [3.05, 3.63) is 58.6 Å². The molecule has 0 N–H and O–H groups in total. The Bertz CT molecular complexity index is 746. The molecule has 1 amide bonds. The van der Waals surface area contributed by atoms with E-state index in [1.807, 2.05) is 41.3 Å². The number of benzene rings is 2. The quantitative estimate of drug-likeness (QED) is 0.802. The van der Waals surface area contributed by atoms with Gasteiger partial charge in [0, 0.05) is 36.9 Å². The second-order valence-electron chi connectivity index (χ2n) is 5.98. The van der Waals surface area contributed by atoms with E-state index >= 15 is 0 Å². The number of hydrogen-bond acceptors (Lipinski definition) is 3. The molecule has 1 aliphatic rings. The maximum absolute atomic E-state index is 12.6. The summed E-state index contributed by atoms with van der Waals surface area (Å²) in [7, 11) is 0. The van der Waals surface area contributed by atoms with Gasteiger partial charge in [0.05, 0.1) is 5.02 Å². The average Bonchev–Trinajstić information content (AvgIpc) is 2.63. The first-order valence-electron chi connectivity index (χ1n) is 8.25. The Morgan fingerprint density at radius 3 is 2.44 bits per heavy atom. The molecule has 25 heavy (non-hydrogen) atoms. The number of halogens is 2. The number of rotatable bonds is 4. The van der Waals surface area contributed by atoms with Gasteiger partial charge in [-0.3, -0.25) is 4.79 Å². The molecule has 0 aliphatic carbocycles. The minimum Gasteiger partial charge on any atom is -0.479 e. The van der Waals surface area contributed by atoms with Crippen LogP contribution >= 0.6 is 23.2 Å². The molecule has 1 aliphatic heterocycles. The van der Waals surface area contributed by atoms with Crippen molar-refractivity contribution in [2.75, 3.05) is 31.1 Å². The second kappa shape index (κ2) is 7.98. The summed E-state index contributed by atoms with van der Waals surface area (Å²) < 4.78 is 5.73. The topological polar surface area (TPSA) is 32.8 Å². The molecule has 0 saturated carbocycles. The molecule has 3 rings (SSSR count). The monoisotopic (exact) mass is 378 g/mol. The number of carbonyl (C=O) groups is 1. The molecule has 2 aromatic carbocycles. The van der Waals surface area contributed by atoms with Crippen molar-refractivity contribution >= 4 is 34.8 Å². The van der Waals surface area contributed by atoms with Crippen molar-refractivity contribution in [3.63, 3.8) is 0 Å². The van der Waals surface area contributed by atoms with E-state index in [0.29, 0.717) is 23.9 Å². The zero-order chi connectivity index (χ0) is 17.8. The average molecular weight is 379 g/mol. The van der Waals surface area contributed by atoms with E-state index < -0.39 is 6.10 Å². The van der Waals surface area contributed by atoms with Crippen LogP contribution in [0.15, 0.2) is 48.5 Å². The normalized spacial score (nSPS) is 15.8. The van der Waals surface area contributed by atoms with Crippen molar-refractivity contribution < 1.29 is 9.53 Å². The van der Waals surface area contributed by atoms with Crippen molar-refractivity contribution in [2.45, 2.75) is 13.0 Å². The van der Waals surface area contributed by atoms with Crippen LogP contribution in [0.1, 0.15) is 6.92 Å². The van der Waals surface area contributed by atoms with Crippen LogP contribution in [0.4, 0.5) is 5.69 Å². The molecule has 2 aromatic rings. The molecule has 1 saturated heterocycles. The first-order valence-corrected chi connectivity index (χ1v) is 9.00. The fourth-order valence-corrected chi connectivity index (χ4v) is 3.26. The Hall–Kier alpha value is -1.91. The third-order valence-corrected chi connectivity index (χ3v) is 4.80. The van der Waals surface area contributed by atoms with Crippen LogP contribution in [0.2, 0.25) is 10.0 Å². The number of hydrogen-bond donors (Lipinski definition) is 0.